The summed E-state index contributed by atoms with van der Waals surface area (Å²) in [6.07, 6.45) is 0. The van der Waals surface area contributed by atoms with Gasteiger partial charge in [0, 0.05) is 22.0 Å². The van der Waals surface area contributed by atoms with E-state index in [1.54, 1.807) is 0 Å². The van der Waals surface area contributed by atoms with Gasteiger partial charge >= 0.3 is 0 Å². The van der Waals surface area contributed by atoms with E-state index in [0.717, 1.165) is 27.7 Å². The molecule has 6 heteroatoms. The molecule has 1 aliphatic rings. The Hall–Kier alpha value is -0.430. The fourth-order valence-corrected chi connectivity index (χ4v) is 2.81. The molecule has 0 unspecified atom stereocenters. The number of halogens is 2. The molecule has 18 heavy (non-hydrogen) atoms. The van der Waals surface area contributed by atoms with Crippen LogP contribution in [0.15, 0.2) is 27.1 Å². The highest BCUT2D eigenvalue weighted by Gasteiger charge is 2.33. The Morgan fingerprint density at radius 2 is 2.06 bits per heavy atom. The maximum absolute atomic E-state index is 11.8. The summed E-state index contributed by atoms with van der Waals surface area (Å²) in [6.45, 7) is 3.63. The van der Waals surface area contributed by atoms with Gasteiger partial charge in [-0.15, -0.1) is 0 Å². The van der Waals surface area contributed by atoms with Gasteiger partial charge in [0.2, 0.25) is 5.91 Å². The van der Waals surface area contributed by atoms with Crippen LogP contribution in [0.1, 0.15) is 6.92 Å². The van der Waals surface area contributed by atoms with Crippen molar-refractivity contribution in [3.63, 3.8) is 0 Å². The highest BCUT2D eigenvalue weighted by molar-refractivity contribution is 9.11. The van der Waals surface area contributed by atoms with Crippen molar-refractivity contribution < 1.29 is 9.53 Å². The lowest BCUT2D eigenvalue weighted by Crippen LogP contribution is -2.59. The Morgan fingerprint density at radius 3 is 2.56 bits per heavy atom. The number of carbonyl (C=O) groups is 1. The lowest BCUT2D eigenvalue weighted by molar-refractivity contribution is -0.130. The topological polar surface area (TPSA) is 50.4 Å². The molecule has 1 amide bonds. The van der Waals surface area contributed by atoms with E-state index in [1.165, 1.54) is 0 Å². The monoisotopic (exact) mass is 376 g/mol. The molecule has 1 aliphatic heterocycles. The number of benzene rings is 1. The third-order valence-corrected chi connectivity index (χ3v) is 4.10. The molecule has 1 heterocycles. The quantitative estimate of drug-likeness (QED) is 0.847. The highest BCUT2D eigenvalue weighted by atomic mass is 79.9. The van der Waals surface area contributed by atoms with Crippen LogP contribution < -0.4 is 10.6 Å². The fraction of sp³-hybridized carbons (Fsp3) is 0.417. The molecule has 0 spiro atoms. The third-order valence-electron chi connectivity index (χ3n) is 2.78. The Labute approximate surface area is 123 Å². The summed E-state index contributed by atoms with van der Waals surface area (Å²) >= 11 is 6.79. The van der Waals surface area contributed by atoms with Crippen molar-refractivity contribution in [1.82, 2.24) is 5.32 Å². The minimum absolute atomic E-state index is 0.0615. The lowest BCUT2D eigenvalue weighted by atomic mass is 10.0. The molecule has 4 nitrogen and oxygen atoms in total. The van der Waals surface area contributed by atoms with E-state index in [4.69, 9.17) is 4.74 Å². The van der Waals surface area contributed by atoms with Crippen molar-refractivity contribution in [1.29, 1.82) is 0 Å². The molecule has 0 bridgehead atoms. The van der Waals surface area contributed by atoms with Gasteiger partial charge < -0.3 is 15.4 Å². The van der Waals surface area contributed by atoms with Crippen LogP contribution in [0, 0.1) is 0 Å². The van der Waals surface area contributed by atoms with Crippen molar-refractivity contribution >= 4 is 43.5 Å². The maximum atomic E-state index is 11.8. The average molecular weight is 378 g/mol. The van der Waals surface area contributed by atoms with E-state index in [2.05, 4.69) is 42.5 Å². The summed E-state index contributed by atoms with van der Waals surface area (Å²) in [4.78, 5) is 11.8. The van der Waals surface area contributed by atoms with Crippen LogP contribution in [-0.2, 0) is 9.53 Å². The van der Waals surface area contributed by atoms with Crippen LogP contribution in [-0.4, -0.2) is 31.2 Å². The molecule has 1 aromatic rings. The average Bonchev–Trinajstić information content (AvgIpc) is 2.29. The number of para-hydroxylation sites is 1. The molecule has 0 atom stereocenters. The number of hydrogen-bond acceptors (Lipinski definition) is 3. The fourth-order valence-electron chi connectivity index (χ4n) is 1.61. The molecular weight excluding hydrogens is 364 g/mol. The zero-order valence-electron chi connectivity index (χ0n) is 9.93. The summed E-state index contributed by atoms with van der Waals surface area (Å²) < 4.78 is 7.24. The second kappa shape index (κ2) is 5.69. The minimum atomic E-state index is -0.206. The SMILES string of the molecule is CC1(OCC(=O)Nc2c(Br)cccc2Br)CNC1. The number of hydrogen-bond donors (Lipinski definition) is 2. The van der Waals surface area contributed by atoms with Crippen molar-refractivity contribution in [3.05, 3.63) is 27.1 Å². The summed E-state index contributed by atoms with van der Waals surface area (Å²) in [6, 6.07) is 5.64. The van der Waals surface area contributed by atoms with Gasteiger partial charge in [0.05, 0.1) is 11.3 Å². The summed E-state index contributed by atoms with van der Waals surface area (Å²) in [5, 5.41) is 5.94. The van der Waals surface area contributed by atoms with Crippen LogP contribution >= 0.6 is 31.9 Å². The van der Waals surface area contributed by atoms with Crippen molar-refractivity contribution in [2.45, 2.75) is 12.5 Å². The zero-order chi connectivity index (χ0) is 13.2. The van der Waals surface area contributed by atoms with Crippen molar-refractivity contribution in [2.75, 3.05) is 25.0 Å². The van der Waals surface area contributed by atoms with E-state index in [9.17, 15) is 4.79 Å². The van der Waals surface area contributed by atoms with E-state index in [1.807, 2.05) is 25.1 Å². The van der Waals surface area contributed by atoms with E-state index in [0.29, 0.717) is 0 Å². The molecule has 0 saturated carbocycles. The van der Waals surface area contributed by atoms with Gasteiger partial charge in [-0.2, -0.15) is 0 Å². The summed E-state index contributed by atoms with van der Waals surface area (Å²) in [5.74, 6) is -0.157. The molecule has 2 N–H and O–H groups in total. The number of anilines is 1. The van der Waals surface area contributed by atoms with Gasteiger partial charge in [0.25, 0.3) is 0 Å². The molecule has 1 fully saturated rings. The van der Waals surface area contributed by atoms with Gasteiger partial charge in [-0.25, -0.2) is 0 Å². The number of rotatable bonds is 4. The van der Waals surface area contributed by atoms with Crippen LogP contribution in [0.5, 0.6) is 0 Å². The first-order valence-electron chi connectivity index (χ1n) is 5.59. The number of nitrogens with one attached hydrogen (secondary N) is 2. The summed E-state index contributed by atoms with van der Waals surface area (Å²) in [5.41, 5.74) is 0.519. The highest BCUT2D eigenvalue weighted by Crippen LogP contribution is 2.30. The Morgan fingerprint density at radius 1 is 1.44 bits per heavy atom. The second-order valence-corrected chi connectivity index (χ2v) is 6.20. The van der Waals surface area contributed by atoms with Crippen molar-refractivity contribution in [3.8, 4) is 0 Å². The standard InChI is InChI=1S/C12H14Br2N2O2/c1-12(6-15-7-12)18-5-10(17)16-11-8(13)3-2-4-9(11)14/h2-4,15H,5-7H2,1H3,(H,16,17). The van der Waals surface area contributed by atoms with E-state index < -0.39 is 0 Å². The number of carbonyl (C=O) groups excluding carboxylic acids is 1. The number of ether oxygens (including phenoxy) is 1. The molecule has 0 aliphatic carbocycles. The van der Waals surface area contributed by atoms with Crippen LogP contribution in [0.2, 0.25) is 0 Å². The minimum Gasteiger partial charge on any atom is -0.363 e. The molecule has 1 saturated heterocycles. The van der Waals surface area contributed by atoms with Crippen LogP contribution in [0.3, 0.4) is 0 Å². The first-order chi connectivity index (χ1) is 8.50. The van der Waals surface area contributed by atoms with Gasteiger partial charge in [-0.05, 0) is 50.9 Å². The maximum Gasteiger partial charge on any atom is 0.250 e. The van der Waals surface area contributed by atoms with Crippen LogP contribution in [0.25, 0.3) is 0 Å². The molecule has 0 radical (unpaired) electrons. The molecule has 98 valence electrons. The first-order valence-corrected chi connectivity index (χ1v) is 7.17. The number of amides is 1. The van der Waals surface area contributed by atoms with Gasteiger partial charge in [-0.1, -0.05) is 6.07 Å². The largest absolute Gasteiger partial charge is 0.363 e. The normalized spacial score (nSPS) is 17.1. The zero-order valence-corrected chi connectivity index (χ0v) is 13.1. The van der Waals surface area contributed by atoms with Gasteiger partial charge in [0.15, 0.2) is 0 Å². The van der Waals surface area contributed by atoms with Gasteiger partial charge in [-0.3, -0.25) is 4.79 Å². The molecule has 0 aromatic heterocycles. The Kier molecular flexibility index (Phi) is 4.42. The predicted octanol–water partition coefficient (Wildman–Crippen LogP) is 2.53. The van der Waals surface area contributed by atoms with Crippen LogP contribution in [0.4, 0.5) is 5.69 Å². The lowest BCUT2D eigenvalue weighted by Gasteiger charge is -2.38. The van der Waals surface area contributed by atoms with E-state index in [-0.39, 0.29) is 18.1 Å². The second-order valence-electron chi connectivity index (χ2n) is 4.49. The smallest absolute Gasteiger partial charge is 0.250 e. The Bertz CT molecular complexity index is 441. The summed E-state index contributed by atoms with van der Waals surface area (Å²) in [7, 11) is 0. The third kappa shape index (κ3) is 3.32. The molecule has 2 rings (SSSR count). The van der Waals surface area contributed by atoms with Crippen molar-refractivity contribution in [2.24, 2.45) is 0 Å². The van der Waals surface area contributed by atoms with E-state index >= 15 is 0 Å². The molecular formula is C12H14Br2N2O2. The molecule has 1 aromatic carbocycles. The first kappa shape index (κ1) is 14.0. The van der Waals surface area contributed by atoms with Gasteiger partial charge in [0.1, 0.15) is 6.61 Å². The Balaban J connectivity index is 1.91. The predicted molar refractivity (Wildman–Crippen MR) is 77.7 cm³/mol.